The van der Waals surface area contributed by atoms with Gasteiger partial charge in [0.2, 0.25) is 0 Å². The molecule has 1 aliphatic heterocycles. The van der Waals surface area contributed by atoms with Crippen molar-refractivity contribution in [1.82, 2.24) is 0 Å². The van der Waals surface area contributed by atoms with Crippen LogP contribution >= 0.6 is 23.4 Å². The highest BCUT2D eigenvalue weighted by atomic mass is 35.5. The summed E-state index contributed by atoms with van der Waals surface area (Å²) in [5.41, 5.74) is 6.63. The van der Waals surface area contributed by atoms with E-state index in [4.69, 9.17) is 17.3 Å². The number of thioether (sulfide) groups is 1. The number of aliphatic imine (C=N–C) groups is 1. The lowest BCUT2D eigenvalue weighted by molar-refractivity contribution is 1.26. The van der Waals surface area contributed by atoms with Crippen molar-refractivity contribution in [3.05, 3.63) is 23.2 Å². The van der Waals surface area contributed by atoms with E-state index in [0.29, 0.717) is 5.84 Å². The fourth-order valence-electron chi connectivity index (χ4n) is 1.17. The summed E-state index contributed by atoms with van der Waals surface area (Å²) in [7, 11) is 0. The van der Waals surface area contributed by atoms with Gasteiger partial charge in [-0.05, 0) is 18.2 Å². The Morgan fingerprint density at radius 3 is 3.15 bits per heavy atom. The van der Waals surface area contributed by atoms with Gasteiger partial charge in [0.25, 0.3) is 0 Å². The number of rotatable bonds is 0. The zero-order valence-corrected chi connectivity index (χ0v) is 8.53. The number of nitrogens with zero attached hydrogens (tertiary/aromatic N) is 1. The van der Waals surface area contributed by atoms with E-state index in [9.17, 15) is 0 Å². The second-order valence-corrected chi connectivity index (χ2v) is 4.39. The Morgan fingerprint density at radius 2 is 2.31 bits per heavy atom. The van der Waals surface area contributed by atoms with Crippen molar-refractivity contribution in [2.24, 2.45) is 10.7 Å². The molecule has 2 rings (SSSR count). The molecule has 0 radical (unpaired) electrons. The van der Waals surface area contributed by atoms with Crippen molar-refractivity contribution in [3.8, 4) is 0 Å². The van der Waals surface area contributed by atoms with E-state index in [0.717, 1.165) is 27.8 Å². The molecule has 1 aromatic carbocycles. The van der Waals surface area contributed by atoms with Crippen LogP contribution in [0.5, 0.6) is 0 Å². The Morgan fingerprint density at radius 1 is 1.46 bits per heavy atom. The maximum Gasteiger partial charge on any atom is 0.100 e. The molecule has 68 valence electrons. The summed E-state index contributed by atoms with van der Waals surface area (Å²) < 4.78 is 0. The molecule has 0 amide bonds. The van der Waals surface area contributed by atoms with E-state index < -0.39 is 0 Å². The summed E-state index contributed by atoms with van der Waals surface area (Å²) in [5, 5.41) is 0.752. The highest BCUT2D eigenvalue weighted by molar-refractivity contribution is 7.99. The second kappa shape index (κ2) is 3.60. The predicted octanol–water partition coefficient (Wildman–Crippen LogP) is 2.82. The number of amidine groups is 1. The first kappa shape index (κ1) is 8.91. The van der Waals surface area contributed by atoms with Crippen LogP contribution in [0, 0.1) is 0 Å². The summed E-state index contributed by atoms with van der Waals surface area (Å²) in [6.07, 6.45) is 0.844. The Hall–Kier alpha value is -0.670. The van der Waals surface area contributed by atoms with Gasteiger partial charge in [0.05, 0.1) is 5.69 Å². The first-order valence-corrected chi connectivity index (χ1v) is 5.37. The number of nitrogens with two attached hydrogens (primary N) is 1. The van der Waals surface area contributed by atoms with Crippen LogP contribution in [0.4, 0.5) is 5.69 Å². The van der Waals surface area contributed by atoms with Crippen LogP contribution < -0.4 is 5.73 Å². The van der Waals surface area contributed by atoms with Crippen LogP contribution in [0.3, 0.4) is 0 Å². The molecule has 4 heteroatoms. The Labute approximate surface area is 86.2 Å². The van der Waals surface area contributed by atoms with Crippen molar-refractivity contribution in [2.75, 3.05) is 5.75 Å². The number of hydrogen-bond acceptors (Lipinski definition) is 3. The molecule has 0 saturated heterocycles. The highest BCUT2D eigenvalue weighted by Crippen LogP contribution is 2.34. The van der Waals surface area contributed by atoms with E-state index >= 15 is 0 Å². The summed E-state index contributed by atoms with van der Waals surface area (Å²) >= 11 is 7.62. The van der Waals surface area contributed by atoms with E-state index in [2.05, 4.69) is 4.99 Å². The Kier molecular flexibility index (Phi) is 2.47. The molecule has 1 aliphatic rings. The molecule has 0 fully saturated rings. The van der Waals surface area contributed by atoms with Crippen LogP contribution in [0.15, 0.2) is 28.1 Å². The number of benzene rings is 1. The molecule has 1 aromatic rings. The SMILES string of the molecule is NC1=Nc2ccc(Cl)cc2SCC1. The maximum absolute atomic E-state index is 5.87. The summed E-state index contributed by atoms with van der Waals surface area (Å²) in [6.45, 7) is 0. The normalized spacial score (nSPS) is 15.9. The molecular formula is C9H9ClN2S. The maximum atomic E-state index is 5.87. The highest BCUT2D eigenvalue weighted by Gasteiger charge is 2.08. The van der Waals surface area contributed by atoms with Crippen LogP contribution in [-0.4, -0.2) is 11.6 Å². The molecule has 0 aromatic heterocycles. The lowest BCUT2D eigenvalue weighted by Crippen LogP contribution is -2.10. The van der Waals surface area contributed by atoms with E-state index in [1.54, 1.807) is 11.8 Å². The predicted molar refractivity (Wildman–Crippen MR) is 58.1 cm³/mol. The molecule has 0 saturated carbocycles. The molecule has 2 N–H and O–H groups in total. The Balaban J connectivity index is 2.48. The molecule has 1 heterocycles. The van der Waals surface area contributed by atoms with Crippen molar-refractivity contribution < 1.29 is 0 Å². The van der Waals surface area contributed by atoms with Gasteiger partial charge >= 0.3 is 0 Å². The van der Waals surface area contributed by atoms with Gasteiger partial charge in [-0.15, -0.1) is 11.8 Å². The van der Waals surface area contributed by atoms with Crippen molar-refractivity contribution in [3.63, 3.8) is 0 Å². The van der Waals surface area contributed by atoms with Gasteiger partial charge in [-0.25, -0.2) is 4.99 Å². The van der Waals surface area contributed by atoms with Gasteiger partial charge < -0.3 is 5.73 Å². The quantitative estimate of drug-likeness (QED) is 0.718. The van der Waals surface area contributed by atoms with Gasteiger partial charge in [0.1, 0.15) is 5.84 Å². The van der Waals surface area contributed by atoms with Crippen LogP contribution in [0.25, 0.3) is 0 Å². The van der Waals surface area contributed by atoms with Crippen molar-refractivity contribution in [2.45, 2.75) is 11.3 Å². The molecule has 13 heavy (non-hydrogen) atoms. The molecule has 0 unspecified atom stereocenters. The minimum atomic E-state index is 0.702. The van der Waals surface area contributed by atoms with E-state index in [1.807, 2.05) is 18.2 Å². The zero-order chi connectivity index (χ0) is 9.26. The second-order valence-electron chi connectivity index (χ2n) is 2.81. The molecule has 2 nitrogen and oxygen atoms in total. The van der Waals surface area contributed by atoms with Gasteiger partial charge in [-0.2, -0.15) is 0 Å². The average molecular weight is 213 g/mol. The van der Waals surface area contributed by atoms with Gasteiger partial charge in [0.15, 0.2) is 0 Å². The van der Waals surface area contributed by atoms with Crippen molar-refractivity contribution in [1.29, 1.82) is 0 Å². The van der Waals surface area contributed by atoms with Gasteiger partial charge in [-0.1, -0.05) is 11.6 Å². The number of hydrogen-bond donors (Lipinski definition) is 1. The van der Waals surface area contributed by atoms with E-state index in [-0.39, 0.29) is 0 Å². The summed E-state index contributed by atoms with van der Waals surface area (Å²) in [5.74, 6) is 1.68. The van der Waals surface area contributed by atoms with Crippen LogP contribution in [0.2, 0.25) is 5.02 Å². The van der Waals surface area contributed by atoms with Gasteiger partial charge in [0, 0.05) is 22.1 Å². The molecule has 0 bridgehead atoms. The molecule has 0 atom stereocenters. The number of halogens is 1. The fraction of sp³-hybridized carbons (Fsp3) is 0.222. The molecule has 0 spiro atoms. The molecular weight excluding hydrogens is 204 g/mol. The Bertz CT molecular complexity index is 363. The number of fused-ring (bicyclic) bond motifs is 1. The standard InChI is InChI=1S/C9H9ClN2S/c10-6-1-2-7-8(5-6)13-4-3-9(11)12-7/h1-2,5H,3-4H2,(H2,11,12). The monoisotopic (exact) mass is 212 g/mol. The van der Waals surface area contributed by atoms with Crippen LogP contribution in [-0.2, 0) is 0 Å². The smallest absolute Gasteiger partial charge is 0.100 e. The van der Waals surface area contributed by atoms with Crippen molar-refractivity contribution >= 4 is 34.9 Å². The topological polar surface area (TPSA) is 38.4 Å². The first-order chi connectivity index (χ1) is 6.25. The third-order valence-electron chi connectivity index (χ3n) is 1.80. The van der Waals surface area contributed by atoms with Gasteiger partial charge in [-0.3, -0.25) is 0 Å². The fourth-order valence-corrected chi connectivity index (χ4v) is 2.41. The lowest BCUT2D eigenvalue weighted by atomic mass is 10.3. The lowest BCUT2D eigenvalue weighted by Gasteiger charge is -2.01. The van der Waals surface area contributed by atoms with E-state index in [1.165, 1.54) is 0 Å². The minimum absolute atomic E-state index is 0.702. The first-order valence-electron chi connectivity index (χ1n) is 4.01. The largest absolute Gasteiger partial charge is 0.387 e. The van der Waals surface area contributed by atoms with Crippen LogP contribution in [0.1, 0.15) is 6.42 Å². The summed E-state index contributed by atoms with van der Waals surface area (Å²) in [6, 6.07) is 5.68. The zero-order valence-electron chi connectivity index (χ0n) is 6.96. The molecule has 0 aliphatic carbocycles. The third kappa shape index (κ3) is 1.98. The average Bonchev–Trinajstić information content (AvgIpc) is 2.25. The minimum Gasteiger partial charge on any atom is -0.387 e. The third-order valence-corrected chi connectivity index (χ3v) is 3.08. The summed E-state index contributed by atoms with van der Waals surface area (Å²) in [4.78, 5) is 5.41.